The lowest BCUT2D eigenvalue weighted by atomic mass is 10.0. The van der Waals surface area contributed by atoms with E-state index in [2.05, 4.69) is 12.1 Å². The summed E-state index contributed by atoms with van der Waals surface area (Å²) < 4.78 is 16.3. The van der Waals surface area contributed by atoms with Crippen LogP contribution in [0.5, 0.6) is 5.75 Å². The van der Waals surface area contributed by atoms with Gasteiger partial charge in [-0.15, -0.1) is 0 Å². The van der Waals surface area contributed by atoms with E-state index in [0.29, 0.717) is 17.1 Å². The third-order valence-corrected chi connectivity index (χ3v) is 3.76. The molecule has 0 N–H and O–H groups in total. The highest BCUT2D eigenvalue weighted by Gasteiger charge is 2.12. The zero-order chi connectivity index (χ0) is 16.4. The van der Waals surface area contributed by atoms with Crippen LogP contribution in [0, 0.1) is 13.8 Å². The Hall–Kier alpha value is -2.56. The Balaban J connectivity index is 1.96. The van der Waals surface area contributed by atoms with Gasteiger partial charge in [-0.05, 0) is 38.0 Å². The molecule has 0 bridgehead atoms. The van der Waals surface area contributed by atoms with Crippen LogP contribution in [0.1, 0.15) is 35.9 Å². The second kappa shape index (κ2) is 6.28. The van der Waals surface area contributed by atoms with Crippen molar-refractivity contribution in [3.8, 4) is 5.75 Å². The van der Waals surface area contributed by atoms with Crippen molar-refractivity contribution in [1.82, 2.24) is 5.16 Å². The minimum Gasteiger partial charge on any atom is -0.485 e. The molecule has 0 saturated heterocycles. The van der Waals surface area contributed by atoms with Gasteiger partial charge in [-0.3, -0.25) is 0 Å². The van der Waals surface area contributed by atoms with Crippen LogP contribution in [-0.4, -0.2) is 5.16 Å². The Labute approximate surface area is 133 Å². The van der Waals surface area contributed by atoms with E-state index in [4.69, 9.17) is 13.7 Å². The molecule has 0 aliphatic rings. The van der Waals surface area contributed by atoms with Crippen molar-refractivity contribution in [3.05, 3.63) is 57.3 Å². The van der Waals surface area contributed by atoms with Crippen LogP contribution in [0.2, 0.25) is 0 Å². The number of fused-ring (bicyclic) bond motifs is 1. The van der Waals surface area contributed by atoms with Crippen molar-refractivity contribution >= 4 is 11.0 Å². The van der Waals surface area contributed by atoms with Crippen molar-refractivity contribution in [1.29, 1.82) is 0 Å². The summed E-state index contributed by atoms with van der Waals surface area (Å²) in [6.07, 6.45) is 1.82. The second-order valence-electron chi connectivity index (χ2n) is 5.63. The minimum absolute atomic E-state index is 0.284. The van der Waals surface area contributed by atoms with E-state index in [0.717, 1.165) is 35.0 Å². The number of hydrogen-bond acceptors (Lipinski definition) is 5. The normalized spacial score (nSPS) is 11.1. The average molecular weight is 313 g/mol. The van der Waals surface area contributed by atoms with Gasteiger partial charge in [-0.25, -0.2) is 4.79 Å². The zero-order valence-electron chi connectivity index (χ0n) is 13.5. The van der Waals surface area contributed by atoms with Gasteiger partial charge < -0.3 is 13.7 Å². The highest BCUT2D eigenvalue weighted by Crippen LogP contribution is 2.29. The van der Waals surface area contributed by atoms with E-state index in [1.54, 1.807) is 6.07 Å². The van der Waals surface area contributed by atoms with Crippen LogP contribution in [-0.2, 0) is 13.0 Å². The van der Waals surface area contributed by atoms with Crippen molar-refractivity contribution < 1.29 is 13.7 Å². The molecule has 0 amide bonds. The summed E-state index contributed by atoms with van der Waals surface area (Å²) in [5, 5.41) is 4.79. The topological polar surface area (TPSA) is 65.5 Å². The summed E-state index contributed by atoms with van der Waals surface area (Å²) in [5.74, 6) is 1.33. The molecule has 3 rings (SSSR count). The maximum absolute atomic E-state index is 11.8. The summed E-state index contributed by atoms with van der Waals surface area (Å²) >= 11 is 0. The molecule has 0 radical (unpaired) electrons. The summed E-state index contributed by atoms with van der Waals surface area (Å²) in [6.45, 7) is 6.12. The maximum atomic E-state index is 11.8. The molecular weight excluding hydrogens is 294 g/mol. The average Bonchev–Trinajstić information content (AvgIpc) is 2.93. The maximum Gasteiger partial charge on any atom is 0.336 e. The molecule has 3 aromatic rings. The highest BCUT2D eigenvalue weighted by atomic mass is 16.5. The zero-order valence-corrected chi connectivity index (χ0v) is 13.5. The quantitative estimate of drug-likeness (QED) is 0.668. The van der Waals surface area contributed by atoms with Crippen molar-refractivity contribution in [2.75, 3.05) is 0 Å². The molecule has 2 heterocycles. The van der Waals surface area contributed by atoms with Gasteiger partial charge in [0.05, 0.1) is 5.69 Å². The Bertz CT molecular complexity index is 892. The highest BCUT2D eigenvalue weighted by molar-refractivity contribution is 5.84. The molecule has 23 heavy (non-hydrogen) atoms. The van der Waals surface area contributed by atoms with Gasteiger partial charge in [-0.2, -0.15) is 0 Å². The molecule has 120 valence electrons. The number of benzene rings is 1. The van der Waals surface area contributed by atoms with E-state index in [1.165, 1.54) is 0 Å². The van der Waals surface area contributed by atoms with Crippen LogP contribution < -0.4 is 10.4 Å². The fourth-order valence-electron chi connectivity index (χ4n) is 2.67. The first-order chi connectivity index (χ1) is 11.1. The van der Waals surface area contributed by atoms with E-state index in [9.17, 15) is 4.79 Å². The molecule has 0 atom stereocenters. The first-order valence-corrected chi connectivity index (χ1v) is 7.70. The lowest BCUT2D eigenvalue weighted by Crippen LogP contribution is -2.03. The first kappa shape index (κ1) is 15.3. The second-order valence-corrected chi connectivity index (χ2v) is 5.63. The number of hydrogen-bond donors (Lipinski definition) is 0. The van der Waals surface area contributed by atoms with E-state index < -0.39 is 0 Å². The van der Waals surface area contributed by atoms with Gasteiger partial charge in [0, 0.05) is 23.1 Å². The minimum atomic E-state index is -0.327. The van der Waals surface area contributed by atoms with Gasteiger partial charge in [0.1, 0.15) is 17.9 Å². The summed E-state index contributed by atoms with van der Waals surface area (Å²) in [7, 11) is 0. The van der Waals surface area contributed by atoms with Crippen LogP contribution in [0.15, 0.2) is 38.0 Å². The smallest absolute Gasteiger partial charge is 0.336 e. The molecule has 5 nitrogen and oxygen atoms in total. The van der Waals surface area contributed by atoms with E-state index in [-0.39, 0.29) is 12.2 Å². The molecule has 1 aromatic carbocycles. The third-order valence-electron chi connectivity index (χ3n) is 3.76. The van der Waals surface area contributed by atoms with E-state index >= 15 is 0 Å². The number of ether oxygens (including phenoxy) is 1. The van der Waals surface area contributed by atoms with Gasteiger partial charge in [-0.1, -0.05) is 18.5 Å². The Morgan fingerprint density at radius 1 is 1.22 bits per heavy atom. The lowest BCUT2D eigenvalue weighted by molar-refractivity contribution is 0.247. The fourth-order valence-corrected chi connectivity index (χ4v) is 2.67. The third kappa shape index (κ3) is 3.13. The van der Waals surface area contributed by atoms with Crippen molar-refractivity contribution in [2.24, 2.45) is 0 Å². The monoisotopic (exact) mass is 313 g/mol. The molecule has 0 fully saturated rings. The van der Waals surface area contributed by atoms with Gasteiger partial charge in [0.15, 0.2) is 5.76 Å². The summed E-state index contributed by atoms with van der Waals surface area (Å²) in [4.78, 5) is 11.8. The van der Waals surface area contributed by atoms with Crippen LogP contribution >= 0.6 is 0 Å². The van der Waals surface area contributed by atoms with E-state index in [1.807, 2.05) is 32.0 Å². The lowest BCUT2D eigenvalue weighted by Gasteiger charge is -2.11. The molecule has 2 aromatic heterocycles. The predicted octanol–water partition coefficient (Wildman–Crippen LogP) is 3.93. The molecular formula is C18H19NO4. The number of aromatic nitrogens is 1. The Kier molecular flexibility index (Phi) is 4.19. The van der Waals surface area contributed by atoms with Crippen molar-refractivity contribution in [2.45, 2.75) is 40.2 Å². The summed E-state index contributed by atoms with van der Waals surface area (Å²) in [6, 6.07) is 7.25. The molecule has 5 heteroatoms. The number of nitrogens with zero attached hydrogens (tertiary/aromatic N) is 1. The Morgan fingerprint density at radius 3 is 2.74 bits per heavy atom. The molecule has 0 saturated carbocycles. The van der Waals surface area contributed by atoms with Gasteiger partial charge >= 0.3 is 5.63 Å². The molecule has 0 aliphatic carbocycles. The number of rotatable bonds is 5. The molecule has 0 aliphatic heterocycles. The largest absolute Gasteiger partial charge is 0.485 e. The predicted molar refractivity (Wildman–Crippen MR) is 86.8 cm³/mol. The first-order valence-electron chi connectivity index (χ1n) is 7.70. The van der Waals surface area contributed by atoms with Crippen LogP contribution in [0.4, 0.5) is 0 Å². The molecule has 0 spiro atoms. The van der Waals surface area contributed by atoms with Crippen molar-refractivity contribution in [3.63, 3.8) is 0 Å². The summed E-state index contributed by atoms with van der Waals surface area (Å²) in [5.41, 5.74) is 2.90. The van der Waals surface area contributed by atoms with Gasteiger partial charge in [0.25, 0.3) is 0 Å². The van der Waals surface area contributed by atoms with Crippen LogP contribution in [0.3, 0.4) is 0 Å². The van der Waals surface area contributed by atoms with Crippen LogP contribution in [0.25, 0.3) is 11.0 Å². The fraction of sp³-hybridized carbons (Fsp3) is 0.333. The standard InChI is InChI=1S/C18H19NO4/c1-4-5-13-9-17(20)22-18-12(3)16(7-6-15(13)18)21-10-14-8-11(2)19-23-14/h6-9H,4-5,10H2,1-3H3. The SMILES string of the molecule is CCCc1cc(=O)oc2c(C)c(OCc3cc(C)no3)ccc12. The molecule has 0 unspecified atom stereocenters. The Morgan fingerprint density at radius 2 is 2.04 bits per heavy atom. The van der Waals surface area contributed by atoms with Gasteiger partial charge in [0.2, 0.25) is 0 Å². The number of aryl methyl sites for hydroxylation is 3.